The van der Waals surface area contributed by atoms with Crippen LogP contribution in [0.3, 0.4) is 0 Å². The van der Waals surface area contributed by atoms with Gasteiger partial charge in [0.05, 0.1) is 55.5 Å². The maximum atomic E-state index is 11.4. The molecule has 212 valence electrons. The quantitative estimate of drug-likeness (QED) is 0.337. The van der Waals surface area contributed by atoms with Crippen molar-refractivity contribution in [2.24, 2.45) is 20.0 Å². The van der Waals surface area contributed by atoms with E-state index in [9.17, 15) is 30.4 Å². The first-order chi connectivity index (χ1) is 21.2. The predicted molar refractivity (Wildman–Crippen MR) is 166 cm³/mol. The molecule has 0 atom stereocenters. The van der Waals surface area contributed by atoms with Crippen LogP contribution in [0.1, 0.15) is 11.1 Å². The molecule has 12 heteroatoms. The third-order valence-corrected chi connectivity index (χ3v) is 7.18. The van der Waals surface area contributed by atoms with Gasteiger partial charge in [0.25, 0.3) is 0 Å². The van der Waals surface area contributed by atoms with Crippen molar-refractivity contribution >= 4 is 45.4 Å². The molecule has 2 N–H and O–H groups in total. The van der Waals surface area contributed by atoms with Gasteiger partial charge >= 0.3 is 11.4 Å². The molecule has 0 fully saturated rings. The number of phenolic OH excluding ortho intramolecular Hbond substituents is 2. The summed E-state index contributed by atoms with van der Waals surface area (Å²) in [5.74, 6) is -1.02. The van der Waals surface area contributed by atoms with Crippen molar-refractivity contribution in [1.82, 2.24) is 0 Å². The summed E-state index contributed by atoms with van der Waals surface area (Å²) in [6, 6.07) is 8.06. The van der Waals surface area contributed by atoms with Crippen molar-refractivity contribution in [2.45, 2.75) is 0 Å². The van der Waals surface area contributed by atoms with Crippen LogP contribution in [0.5, 0.6) is 11.5 Å². The monoisotopic (exact) mass is 582 g/mol. The van der Waals surface area contributed by atoms with Crippen LogP contribution in [-0.4, -0.2) is 42.9 Å². The van der Waals surface area contributed by atoms with Crippen LogP contribution in [-0.2, 0) is 0 Å². The zero-order chi connectivity index (χ0) is 30.5. The van der Waals surface area contributed by atoms with Crippen molar-refractivity contribution < 1.29 is 20.1 Å². The number of nitro groups is 2. The minimum atomic E-state index is -0.671. The summed E-state index contributed by atoms with van der Waals surface area (Å²) in [5, 5.41) is 43.7. The van der Waals surface area contributed by atoms with Gasteiger partial charge in [0.15, 0.2) is 11.5 Å². The molecular formula is C32H18N6O6. The van der Waals surface area contributed by atoms with Gasteiger partial charge in [0.1, 0.15) is 0 Å². The predicted octanol–water partition coefficient (Wildman–Crippen LogP) is 5.86. The van der Waals surface area contributed by atoms with Crippen molar-refractivity contribution in [2.75, 3.05) is 0 Å². The van der Waals surface area contributed by atoms with Crippen molar-refractivity contribution in [3.63, 3.8) is 0 Å². The third-order valence-electron chi connectivity index (χ3n) is 7.18. The highest BCUT2D eigenvalue weighted by Gasteiger charge is 2.26. The maximum absolute atomic E-state index is 11.4. The van der Waals surface area contributed by atoms with E-state index < -0.39 is 32.7 Å². The average Bonchev–Trinajstić information content (AvgIpc) is 3.79. The molecule has 0 amide bonds. The van der Waals surface area contributed by atoms with Gasteiger partial charge in [-0.1, -0.05) is 0 Å². The summed E-state index contributed by atoms with van der Waals surface area (Å²) in [4.78, 5) is 40.5. The Morgan fingerprint density at radius 3 is 1.64 bits per heavy atom. The smallest absolute Gasteiger partial charge is 0.310 e. The molecule has 0 aromatic heterocycles. The fourth-order valence-electron chi connectivity index (χ4n) is 5.21. The second-order valence-corrected chi connectivity index (χ2v) is 9.98. The summed E-state index contributed by atoms with van der Waals surface area (Å²) < 4.78 is 0. The Labute approximate surface area is 248 Å². The summed E-state index contributed by atoms with van der Waals surface area (Å²) >= 11 is 0. The van der Waals surface area contributed by atoms with E-state index in [1.165, 1.54) is 36.4 Å². The lowest BCUT2D eigenvalue weighted by Gasteiger charge is -2.11. The van der Waals surface area contributed by atoms with Crippen molar-refractivity contribution in [3.8, 4) is 11.5 Å². The van der Waals surface area contributed by atoms with Gasteiger partial charge in [0, 0.05) is 23.3 Å². The third kappa shape index (κ3) is 4.61. The number of hydrogen-bond donors (Lipinski definition) is 2. The topological polar surface area (TPSA) is 176 Å². The Morgan fingerprint density at radius 2 is 1.02 bits per heavy atom. The molecule has 7 rings (SSSR count). The lowest BCUT2D eigenvalue weighted by molar-refractivity contribution is -0.386. The number of nitrogens with zero attached hydrogens (tertiary/aromatic N) is 6. The number of benzene rings is 2. The number of rotatable bonds is 4. The zero-order valence-electron chi connectivity index (χ0n) is 22.4. The normalized spacial score (nSPS) is 17.9. The van der Waals surface area contributed by atoms with Crippen molar-refractivity contribution in [1.29, 1.82) is 0 Å². The molecule has 0 radical (unpaired) electrons. The average molecular weight is 583 g/mol. The van der Waals surface area contributed by atoms with Crippen LogP contribution >= 0.6 is 0 Å². The number of aromatic hydroxyl groups is 2. The van der Waals surface area contributed by atoms with E-state index in [1.807, 2.05) is 36.5 Å². The van der Waals surface area contributed by atoms with Gasteiger partial charge in [0.2, 0.25) is 0 Å². The Morgan fingerprint density at radius 1 is 0.545 bits per heavy atom. The van der Waals surface area contributed by atoms with Crippen LogP contribution in [0.15, 0.2) is 140 Å². The highest BCUT2D eigenvalue weighted by molar-refractivity contribution is 6.36. The van der Waals surface area contributed by atoms with Crippen LogP contribution < -0.4 is 0 Å². The van der Waals surface area contributed by atoms with E-state index in [1.54, 1.807) is 24.3 Å². The van der Waals surface area contributed by atoms with Gasteiger partial charge in [-0.15, -0.1) is 0 Å². The Hall–Kier alpha value is -6.56. The molecule has 0 saturated carbocycles. The molecule has 0 saturated heterocycles. The summed E-state index contributed by atoms with van der Waals surface area (Å²) in [7, 11) is 0. The number of aliphatic imine (C=N–C) groups is 4. The zero-order valence-corrected chi connectivity index (χ0v) is 22.4. The molecule has 5 aliphatic heterocycles. The van der Waals surface area contributed by atoms with Gasteiger partial charge in [-0.05, 0) is 96.2 Å². The Kier molecular flexibility index (Phi) is 6.03. The molecule has 8 bridgehead atoms. The van der Waals surface area contributed by atoms with Gasteiger partial charge in [-0.3, -0.25) is 20.2 Å². The van der Waals surface area contributed by atoms with E-state index >= 15 is 0 Å². The first-order valence-electron chi connectivity index (χ1n) is 13.2. The van der Waals surface area contributed by atoms with Gasteiger partial charge < -0.3 is 10.2 Å². The standard InChI is InChI=1S/C32H18N6O6/c39-29-13-17(1-11-27(29)37(41)42)31-23-7-5-21(34-23)15-19-3-4-20(33-19)16-22-6-8-24(35-22)32(26-10-9-25(31)36-26)18-2-12-28(38(43)44)30(40)14-18/h1-16,39-40H. The molecule has 0 aliphatic carbocycles. The molecule has 12 nitrogen and oxygen atoms in total. The fourth-order valence-corrected chi connectivity index (χ4v) is 5.21. The molecule has 0 spiro atoms. The minimum absolute atomic E-state index is 0.440. The largest absolute Gasteiger partial charge is 0.502 e. The first kappa shape index (κ1) is 26.3. The van der Waals surface area contributed by atoms with E-state index in [0.29, 0.717) is 67.9 Å². The lowest BCUT2D eigenvalue weighted by atomic mass is 9.98. The second kappa shape index (κ2) is 10.1. The van der Waals surface area contributed by atoms with E-state index in [0.717, 1.165) is 0 Å². The molecule has 0 unspecified atom stereocenters. The summed E-state index contributed by atoms with van der Waals surface area (Å²) in [6.45, 7) is 0. The molecule has 5 aliphatic rings. The van der Waals surface area contributed by atoms with Crippen molar-refractivity contribution in [3.05, 3.63) is 151 Å². The van der Waals surface area contributed by atoms with E-state index in [-0.39, 0.29) is 0 Å². The van der Waals surface area contributed by atoms with E-state index in [2.05, 4.69) is 4.99 Å². The van der Waals surface area contributed by atoms with E-state index in [4.69, 9.17) is 15.0 Å². The Bertz CT molecular complexity index is 2070. The SMILES string of the molecule is O=[N+]([O-])c1ccc(C2=C3C=CC(=N3)C=C3C=CC(=N3)C=C3C=CC(=N3)C(c3ccc([N+](=O)[O-])c(O)c3)=C3C=CC2=N3)cc1O. The molecular weight excluding hydrogens is 564 g/mol. The van der Waals surface area contributed by atoms with Crippen LogP contribution in [0.4, 0.5) is 11.4 Å². The highest BCUT2D eigenvalue weighted by atomic mass is 16.6. The Balaban J connectivity index is 1.49. The summed E-state index contributed by atoms with van der Waals surface area (Å²) in [5.41, 5.74) is 5.49. The number of fused-ring (bicyclic) bond motifs is 4. The van der Waals surface area contributed by atoms with Gasteiger partial charge in [-0.2, -0.15) is 0 Å². The molecule has 2 aromatic carbocycles. The number of hydrogen-bond acceptors (Lipinski definition) is 10. The molecule has 44 heavy (non-hydrogen) atoms. The molecule has 2 aromatic rings. The fraction of sp³-hybridized carbons (Fsp3) is 0. The van der Waals surface area contributed by atoms with Crippen LogP contribution in [0, 0.1) is 20.2 Å². The number of allylic oxidation sites excluding steroid dienone is 12. The maximum Gasteiger partial charge on any atom is 0.310 e. The highest BCUT2D eigenvalue weighted by Crippen LogP contribution is 2.38. The molecule has 5 heterocycles. The minimum Gasteiger partial charge on any atom is -0.502 e. The van der Waals surface area contributed by atoms with Gasteiger partial charge in [-0.25, -0.2) is 20.0 Å². The first-order valence-corrected chi connectivity index (χ1v) is 13.2. The second-order valence-electron chi connectivity index (χ2n) is 9.98. The lowest BCUT2D eigenvalue weighted by Crippen LogP contribution is -2.02. The number of nitro benzene ring substituents is 2. The number of phenols is 2. The van der Waals surface area contributed by atoms with Crippen LogP contribution in [0.2, 0.25) is 0 Å². The summed E-state index contributed by atoms with van der Waals surface area (Å²) in [6.07, 6.45) is 18.0. The van der Waals surface area contributed by atoms with Crippen LogP contribution in [0.25, 0.3) is 11.1 Å².